The zero-order valence-corrected chi connectivity index (χ0v) is 15.1. The van der Waals surface area contributed by atoms with E-state index >= 15 is 0 Å². The van der Waals surface area contributed by atoms with Gasteiger partial charge in [-0.1, -0.05) is 60.7 Å². The summed E-state index contributed by atoms with van der Waals surface area (Å²) in [5.41, 5.74) is 2.14. The first-order valence-electron chi connectivity index (χ1n) is 9.67. The molecule has 2 aromatic rings. The number of hydrogen-bond donors (Lipinski definition) is 1. The maximum atomic E-state index is 10.6. The van der Waals surface area contributed by atoms with Crippen molar-refractivity contribution in [2.75, 3.05) is 13.7 Å². The summed E-state index contributed by atoms with van der Waals surface area (Å²) in [7, 11) is 2.30. The molecule has 0 spiro atoms. The number of nitrogens with zero attached hydrogens (tertiary/aromatic N) is 1. The Morgan fingerprint density at radius 1 is 0.920 bits per heavy atom. The van der Waals surface area contributed by atoms with Gasteiger partial charge in [-0.25, -0.2) is 0 Å². The summed E-state index contributed by atoms with van der Waals surface area (Å²) in [6.45, 7) is 0.153. The Kier molecular flexibility index (Phi) is 4.66. The van der Waals surface area contributed by atoms with Crippen molar-refractivity contribution in [3.05, 3.63) is 71.8 Å². The molecule has 1 aliphatic carbocycles. The van der Waals surface area contributed by atoms with Gasteiger partial charge in [0.05, 0.1) is 6.61 Å². The third-order valence-electron chi connectivity index (χ3n) is 6.78. The smallest absolute Gasteiger partial charge is 0.0569 e. The summed E-state index contributed by atoms with van der Waals surface area (Å²) < 4.78 is 0. The van der Waals surface area contributed by atoms with Gasteiger partial charge in [0, 0.05) is 17.5 Å². The van der Waals surface area contributed by atoms with Crippen molar-refractivity contribution in [2.24, 2.45) is 5.92 Å². The number of benzene rings is 2. The summed E-state index contributed by atoms with van der Waals surface area (Å²) >= 11 is 0. The summed E-state index contributed by atoms with van der Waals surface area (Å²) in [5.74, 6) is 0.883. The standard InChI is InChI=1S/C23H29NO/c1-24-21-13-12-18(14-21)15-22(24)16-23(17-25,19-8-4-2-5-9-19)20-10-6-3-7-11-20/h2-11,18,21-22,25H,12-17H2,1H3. The highest BCUT2D eigenvalue weighted by molar-refractivity contribution is 5.40. The van der Waals surface area contributed by atoms with Gasteiger partial charge >= 0.3 is 0 Å². The molecule has 0 aromatic heterocycles. The largest absolute Gasteiger partial charge is 0.395 e. The fourth-order valence-corrected chi connectivity index (χ4v) is 5.28. The Morgan fingerprint density at radius 3 is 2.08 bits per heavy atom. The third-order valence-corrected chi connectivity index (χ3v) is 6.78. The number of aliphatic hydroxyl groups excluding tert-OH is 1. The topological polar surface area (TPSA) is 23.5 Å². The van der Waals surface area contributed by atoms with Gasteiger partial charge in [-0.15, -0.1) is 0 Å². The fourth-order valence-electron chi connectivity index (χ4n) is 5.28. The van der Waals surface area contributed by atoms with Crippen molar-refractivity contribution in [3.63, 3.8) is 0 Å². The van der Waals surface area contributed by atoms with Gasteiger partial charge in [0.1, 0.15) is 0 Å². The zero-order valence-electron chi connectivity index (χ0n) is 15.1. The summed E-state index contributed by atoms with van der Waals surface area (Å²) in [6.07, 6.45) is 6.36. The normalized spacial score (nSPS) is 26.7. The maximum absolute atomic E-state index is 10.6. The molecule has 0 amide bonds. The third kappa shape index (κ3) is 3.02. The molecule has 2 aromatic carbocycles. The quantitative estimate of drug-likeness (QED) is 0.884. The van der Waals surface area contributed by atoms with Crippen LogP contribution in [0, 0.1) is 5.92 Å². The zero-order chi connectivity index (χ0) is 17.3. The molecule has 3 unspecified atom stereocenters. The average Bonchev–Trinajstić information content (AvgIpc) is 3.09. The molecular formula is C23H29NO. The molecule has 4 rings (SSSR count). The Bertz CT molecular complexity index is 644. The number of piperidine rings is 1. The number of aliphatic hydroxyl groups is 1. The highest BCUT2D eigenvalue weighted by Crippen LogP contribution is 2.44. The number of likely N-dealkylation sites (tertiary alicyclic amines) is 1. The lowest BCUT2D eigenvalue weighted by molar-refractivity contribution is 0.0839. The molecule has 132 valence electrons. The highest BCUT2D eigenvalue weighted by atomic mass is 16.3. The molecule has 2 nitrogen and oxygen atoms in total. The van der Waals surface area contributed by atoms with Crippen LogP contribution in [0.4, 0.5) is 0 Å². The van der Waals surface area contributed by atoms with Crippen LogP contribution in [0.2, 0.25) is 0 Å². The first kappa shape index (κ1) is 16.8. The monoisotopic (exact) mass is 335 g/mol. The molecule has 2 bridgehead atoms. The first-order chi connectivity index (χ1) is 12.2. The van der Waals surface area contributed by atoms with E-state index < -0.39 is 0 Å². The molecule has 2 heteroatoms. The van der Waals surface area contributed by atoms with Crippen LogP contribution in [-0.4, -0.2) is 35.7 Å². The van der Waals surface area contributed by atoms with Crippen LogP contribution in [-0.2, 0) is 5.41 Å². The number of hydrogen-bond acceptors (Lipinski definition) is 2. The van der Waals surface area contributed by atoms with Crippen LogP contribution in [0.3, 0.4) is 0 Å². The van der Waals surface area contributed by atoms with Crippen LogP contribution in [0.15, 0.2) is 60.7 Å². The molecule has 2 fully saturated rings. The summed E-state index contributed by atoms with van der Waals surface area (Å²) in [6, 6.07) is 22.5. The van der Waals surface area contributed by atoms with E-state index in [0.29, 0.717) is 6.04 Å². The lowest BCUT2D eigenvalue weighted by Crippen LogP contribution is -2.48. The van der Waals surface area contributed by atoms with Crippen LogP contribution < -0.4 is 0 Å². The second-order valence-corrected chi connectivity index (χ2v) is 8.06. The van der Waals surface area contributed by atoms with E-state index in [2.05, 4.69) is 72.6 Å². The van der Waals surface area contributed by atoms with Gasteiger partial charge in [-0.3, -0.25) is 0 Å². The molecule has 3 atom stereocenters. The summed E-state index contributed by atoms with van der Waals surface area (Å²) in [4.78, 5) is 2.61. The molecule has 1 saturated heterocycles. The van der Waals surface area contributed by atoms with Gasteiger partial charge < -0.3 is 10.0 Å². The molecule has 1 N–H and O–H groups in total. The molecule has 1 heterocycles. The van der Waals surface area contributed by atoms with E-state index in [-0.39, 0.29) is 12.0 Å². The van der Waals surface area contributed by atoms with E-state index in [4.69, 9.17) is 0 Å². The average molecular weight is 335 g/mol. The number of fused-ring (bicyclic) bond motifs is 2. The second-order valence-electron chi connectivity index (χ2n) is 8.06. The first-order valence-corrected chi connectivity index (χ1v) is 9.67. The van der Waals surface area contributed by atoms with Gasteiger partial charge in [0.15, 0.2) is 0 Å². The van der Waals surface area contributed by atoms with Gasteiger partial charge in [0.25, 0.3) is 0 Å². The lowest BCUT2D eigenvalue weighted by Gasteiger charge is -2.44. The number of rotatable bonds is 5. The van der Waals surface area contributed by atoms with E-state index in [1.165, 1.54) is 36.8 Å². The maximum Gasteiger partial charge on any atom is 0.0569 e. The van der Waals surface area contributed by atoms with Crippen LogP contribution in [0.1, 0.15) is 43.2 Å². The van der Waals surface area contributed by atoms with Gasteiger partial charge in [-0.2, -0.15) is 0 Å². The molecule has 25 heavy (non-hydrogen) atoms. The predicted molar refractivity (Wildman–Crippen MR) is 103 cm³/mol. The van der Waals surface area contributed by atoms with Crippen molar-refractivity contribution in [3.8, 4) is 0 Å². The van der Waals surface area contributed by atoms with E-state index in [1.807, 2.05) is 0 Å². The van der Waals surface area contributed by atoms with Gasteiger partial charge in [-0.05, 0) is 56.2 Å². The molecule has 1 saturated carbocycles. The molecule has 2 aliphatic rings. The van der Waals surface area contributed by atoms with E-state index in [0.717, 1.165) is 18.4 Å². The molecular weight excluding hydrogens is 306 g/mol. The minimum atomic E-state index is -0.321. The fraction of sp³-hybridized carbons (Fsp3) is 0.478. The SMILES string of the molecule is CN1C2CCC(C2)CC1CC(CO)(c1ccccc1)c1ccccc1. The van der Waals surface area contributed by atoms with E-state index in [1.54, 1.807) is 0 Å². The summed E-state index contributed by atoms with van der Waals surface area (Å²) in [5, 5.41) is 10.6. The minimum absolute atomic E-state index is 0.153. The Labute approximate surface area is 151 Å². The predicted octanol–water partition coefficient (Wildman–Crippen LogP) is 4.23. The Hall–Kier alpha value is -1.64. The Morgan fingerprint density at radius 2 is 1.52 bits per heavy atom. The van der Waals surface area contributed by atoms with Crippen LogP contribution in [0.25, 0.3) is 0 Å². The van der Waals surface area contributed by atoms with Crippen molar-refractivity contribution in [2.45, 2.75) is 49.6 Å². The van der Waals surface area contributed by atoms with Crippen LogP contribution in [0.5, 0.6) is 0 Å². The van der Waals surface area contributed by atoms with Crippen molar-refractivity contribution < 1.29 is 5.11 Å². The van der Waals surface area contributed by atoms with Gasteiger partial charge in [0.2, 0.25) is 0 Å². The Balaban J connectivity index is 1.73. The molecule has 1 aliphatic heterocycles. The van der Waals surface area contributed by atoms with E-state index in [9.17, 15) is 5.11 Å². The highest BCUT2D eigenvalue weighted by Gasteiger charge is 2.43. The molecule has 0 radical (unpaired) electrons. The van der Waals surface area contributed by atoms with Crippen molar-refractivity contribution in [1.29, 1.82) is 0 Å². The van der Waals surface area contributed by atoms with Crippen molar-refractivity contribution >= 4 is 0 Å². The van der Waals surface area contributed by atoms with Crippen LogP contribution >= 0.6 is 0 Å². The van der Waals surface area contributed by atoms with Crippen molar-refractivity contribution in [1.82, 2.24) is 4.90 Å². The second kappa shape index (κ2) is 6.93. The lowest BCUT2D eigenvalue weighted by atomic mass is 9.69. The minimum Gasteiger partial charge on any atom is -0.395 e.